The third kappa shape index (κ3) is 1.83. The number of aliphatic hydroxyl groups is 1. The second-order valence-electron chi connectivity index (χ2n) is 11.2. The van der Waals surface area contributed by atoms with E-state index in [0.717, 1.165) is 38.5 Å². The Hall–Kier alpha value is -0.490. The van der Waals surface area contributed by atoms with Crippen molar-refractivity contribution in [3.8, 4) is 0 Å². The lowest BCUT2D eigenvalue weighted by Crippen LogP contribution is -2.65. The molecule has 4 saturated carbocycles. The number of carbonyl (C=O) groups is 1. The lowest BCUT2D eigenvalue weighted by molar-refractivity contribution is -0.300. The highest BCUT2D eigenvalue weighted by molar-refractivity contribution is 5.81. The Kier molecular flexibility index (Phi) is 3.41. The van der Waals surface area contributed by atoms with E-state index in [0.29, 0.717) is 49.6 Å². The van der Waals surface area contributed by atoms with Gasteiger partial charge in [0.25, 0.3) is 0 Å². The number of rotatable bonds is 1. The summed E-state index contributed by atoms with van der Waals surface area (Å²) < 4.78 is 18.3. The average Bonchev–Trinajstić information content (AvgIpc) is 3.01. The van der Waals surface area contributed by atoms with E-state index in [1.54, 1.807) is 0 Å². The monoisotopic (exact) mass is 390 g/mol. The molecule has 0 aromatic heterocycles. The molecule has 1 spiro atoms. The van der Waals surface area contributed by atoms with E-state index in [-0.39, 0.29) is 22.5 Å². The molecule has 6 aliphatic rings. The number of ketones is 1. The maximum atomic E-state index is 12.2. The van der Waals surface area contributed by atoms with Crippen molar-refractivity contribution in [3.05, 3.63) is 0 Å². The van der Waals surface area contributed by atoms with Crippen LogP contribution in [0.1, 0.15) is 72.1 Å². The van der Waals surface area contributed by atoms with Crippen molar-refractivity contribution in [1.82, 2.24) is 0 Å². The van der Waals surface area contributed by atoms with Crippen LogP contribution in [0.2, 0.25) is 0 Å². The van der Waals surface area contributed by atoms with E-state index in [9.17, 15) is 9.90 Å². The molecule has 156 valence electrons. The average molecular weight is 391 g/mol. The molecule has 0 bridgehead atoms. The predicted molar refractivity (Wildman–Crippen MR) is 101 cm³/mol. The fourth-order valence-electron chi connectivity index (χ4n) is 8.98. The Morgan fingerprint density at radius 3 is 2.39 bits per heavy atom. The maximum absolute atomic E-state index is 12.2. The minimum absolute atomic E-state index is 0.112. The number of epoxide rings is 1. The number of ether oxygens (including phenoxy) is 3. The summed E-state index contributed by atoms with van der Waals surface area (Å²) in [5, 5.41) is 12.0. The molecule has 4 aliphatic carbocycles. The van der Waals surface area contributed by atoms with Crippen LogP contribution in [-0.2, 0) is 19.0 Å². The standard InChI is InChI=1S/C23H34O5/c1-19-7-4-14(24)13-22(19)18(28-22)12-15-16(19)5-8-20(2)17(15)6-9-23(20,25)21(3)26-10-11-27-21/h15-18,25H,4-13H2,1-3H3/t15-,16+,17+,18+,19-,20+,22+,23-/m1/s1. The second-order valence-corrected chi connectivity index (χ2v) is 11.2. The fourth-order valence-corrected chi connectivity index (χ4v) is 8.98. The Morgan fingerprint density at radius 1 is 0.964 bits per heavy atom. The zero-order chi connectivity index (χ0) is 19.6. The van der Waals surface area contributed by atoms with Crippen LogP contribution in [0.5, 0.6) is 0 Å². The van der Waals surface area contributed by atoms with E-state index in [1.807, 2.05) is 6.92 Å². The third-order valence-corrected chi connectivity index (χ3v) is 10.6. The molecule has 0 aromatic rings. The van der Waals surface area contributed by atoms with E-state index in [2.05, 4.69) is 13.8 Å². The van der Waals surface area contributed by atoms with Crippen molar-refractivity contribution in [2.75, 3.05) is 13.2 Å². The van der Waals surface area contributed by atoms with Gasteiger partial charge in [-0.1, -0.05) is 13.8 Å². The molecular formula is C23H34O5. The van der Waals surface area contributed by atoms with Gasteiger partial charge in [0.2, 0.25) is 0 Å². The maximum Gasteiger partial charge on any atom is 0.195 e. The zero-order valence-electron chi connectivity index (χ0n) is 17.5. The Balaban J connectivity index is 1.36. The first kappa shape index (κ1) is 18.3. The molecule has 5 heteroatoms. The van der Waals surface area contributed by atoms with Gasteiger partial charge in [-0.2, -0.15) is 0 Å². The topological polar surface area (TPSA) is 68.3 Å². The van der Waals surface area contributed by atoms with E-state index in [4.69, 9.17) is 14.2 Å². The van der Waals surface area contributed by atoms with Crippen molar-refractivity contribution >= 4 is 5.78 Å². The first-order chi connectivity index (χ1) is 13.2. The molecule has 28 heavy (non-hydrogen) atoms. The molecule has 0 unspecified atom stereocenters. The van der Waals surface area contributed by atoms with Gasteiger partial charge in [-0.3, -0.25) is 4.79 Å². The fraction of sp³-hybridized carbons (Fsp3) is 0.957. The summed E-state index contributed by atoms with van der Waals surface area (Å²) in [6.07, 6.45) is 7.51. The molecule has 5 nitrogen and oxygen atoms in total. The van der Waals surface area contributed by atoms with Crippen molar-refractivity contribution < 1.29 is 24.1 Å². The Bertz CT molecular complexity index is 731. The molecular weight excluding hydrogens is 356 g/mol. The highest BCUT2D eigenvalue weighted by Crippen LogP contribution is 2.74. The van der Waals surface area contributed by atoms with Crippen LogP contribution in [0.15, 0.2) is 0 Å². The molecule has 6 fully saturated rings. The first-order valence-electron chi connectivity index (χ1n) is 11.4. The van der Waals surface area contributed by atoms with Crippen LogP contribution < -0.4 is 0 Å². The minimum Gasteiger partial charge on any atom is -0.384 e. The van der Waals surface area contributed by atoms with Gasteiger partial charge in [0, 0.05) is 23.7 Å². The van der Waals surface area contributed by atoms with E-state index in [1.165, 1.54) is 0 Å². The van der Waals surface area contributed by atoms with Gasteiger partial charge in [0.1, 0.15) is 17.0 Å². The summed E-state index contributed by atoms with van der Waals surface area (Å²) in [6, 6.07) is 0. The summed E-state index contributed by atoms with van der Waals surface area (Å²) in [7, 11) is 0. The lowest BCUT2D eigenvalue weighted by Gasteiger charge is -2.60. The summed E-state index contributed by atoms with van der Waals surface area (Å²) in [5.41, 5.74) is -1.19. The highest BCUT2D eigenvalue weighted by atomic mass is 16.7. The van der Waals surface area contributed by atoms with Gasteiger partial charge in [0.15, 0.2) is 5.79 Å². The van der Waals surface area contributed by atoms with Crippen molar-refractivity contribution in [2.45, 2.75) is 95.2 Å². The molecule has 8 atom stereocenters. The van der Waals surface area contributed by atoms with Crippen LogP contribution in [0.25, 0.3) is 0 Å². The van der Waals surface area contributed by atoms with E-state index >= 15 is 0 Å². The zero-order valence-corrected chi connectivity index (χ0v) is 17.5. The van der Waals surface area contributed by atoms with Crippen molar-refractivity contribution in [1.29, 1.82) is 0 Å². The molecule has 1 N–H and O–H groups in total. The van der Waals surface area contributed by atoms with Gasteiger partial charge in [0.05, 0.1) is 19.3 Å². The van der Waals surface area contributed by atoms with Gasteiger partial charge in [-0.25, -0.2) is 0 Å². The molecule has 2 heterocycles. The summed E-state index contributed by atoms with van der Waals surface area (Å²) in [5.74, 6) is 1.13. The van der Waals surface area contributed by atoms with Crippen LogP contribution in [0.4, 0.5) is 0 Å². The molecule has 6 rings (SSSR count). The largest absolute Gasteiger partial charge is 0.384 e. The highest BCUT2D eigenvalue weighted by Gasteiger charge is 2.78. The summed E-state index contributed by atoms with van der Waals surface area (Å²) in [4.78, 5) is 12.2. The van der Waals surface area contributed by atoms with Gasteiger partial charge >= 0.3 is 0 Å². The molecule has 0 radical (unpaired) electrons. The molecule has 2 saturated heterocycles. The second kappa shape index (κ2) is 5.22. The summed E-state index contributed by atoms with van der Waals surface area (Å²) in [6.45, 7) is 7.78. The lowest BCUT2D eigenvalue weighted by atomic mass is 9.44. The normalized spacial score (nSPS) is 59.2. The minimum atomic E-state index is -0.936. The number of Topliss-reactive ketones (excluding diaryl/α,β-unsaturated/α-hetero) is 1. The van der Waals surface area contributed by atoms with Gasteiger partial charge < -0.3 is 19.3 Å². The predicted octanol–water partition coefficient (Wildman–Crippen LogP) is 3.22. The number of hydrogen-bond acceptors (Lipinski definition) is 5. The smallest absolute Gasteiger partial charge is 0.195 e. The quantitative estimate of drug-likeness (QED) is 0.696. The molecule has 2 aliphatic heterocycles. The number of hydrogen-bond donors (Lipinski definition) is 1. The van der Waals surface area contributed by atoms with Crippen molar-refractivity contribution in [2.24, 2.45) is 28.6 Å². The van der Waals surface area contributed by atoms with Crippen LogP contribution in [-0.4, -0.2) is 47.2 Å². The first-order valence-corrected chi connectivity index (χ1v) is 11.4. The molecule has 0 aromatic carbocycles. The number of carbonyl (C=O) groups excluding carboxylic acids is 1. The number of fused-ring (bicyclic) bond motifs is 4. The SMILES string of the molecule is CC1([C@@]2(O)CC[C@H]3[C@@H]4C[C@@H]5O[C@@]56CC(=O)CC[C@]6(C)[C@H]4CC[C@@]32C)OCCO1. The van der Waals surface area contributed by atoms with Crippen LogP contribution in [0.3, 0.4) is 0 Å². The van der Waals surface area contributed by atoms with E-state index < -0.39 is 11.4 Å². The van der Waals surface area contributed by atoms with Crippen molar-refractivity contribution in [3.63, 3.8) is 0 Å². The Labute approximate surface area is 167 Å². The van der Waals surface area contributed by atoms with Crippen LogP contribution >= 0.6 is 0 Å². The van der Waals surface area contributed by atoms with Crippen LogP contribution in [0, 0.1) is 28.6 Å². The van der Waals surface area contributed by atoms with Gasteiger partial charge in [-0.05, 0) is 63.2 Å². The van der Waals surface area contributed by atoms with Gasteiger partial charge in [-0.15, -0.1) is 0 Å². The molecule has 0 amide bonds. The Morgan fingerprint density at radius 2 is 1.64 bits per heavy atom. The summed E-state index contributed by atoms with van der Waals surface area (Å²) >= 11 is 0. The third-order valence-electron chi connectivity index (χ3n) is 10.6.